The molecule has 2 N–H and O–H groups in total. The molecule has 0 amide bonds. The fraction of sp³-hybridized carbons (Fsp3) is 0.167. The van der Waals surface area contributed by atoms with Crippen molar-refractivity contribution < 1.29 is 0 Å². The maximum absolute atomic E-state index is 7.34. The van der Waals surface area contributed by atoms with Crippen LogP contribution in [0.5, 0.6) is 0 Å². The zero-order chi connectivity index (χ0) is 6.69. The molecule has 0 spiro atoms. The summed E-state index contributed by atoms with van der Waals surface area (Å²) in [5.74, 6) is 0. The average molecular weight is 140 g/mol. The Hall–Kier alpha value is -0.700. The Kier molecular flexibility index (Phi) is 1.95. The van der Waals surface area contributed by atoms with Gasteiger partial charge in [0, 0.05) is 18.0 Å². The highest BCUT2D eigenvalue weighted by atomic mass is 32.2. The minimum absolute atomic E-state index is 0.608. The standard InChI is InChI=1S/C6H8N2S/c1-9-6(7)5-2-3-8-4-5/h2-4,7-8H,1H3. The normalized spacial score (nSPS) is 9.44. The Morgan fingerprint density at radius 1 is 1.78 bits per heavy atom. The van der Waals surface area contributed by atoms with E-state index in [0.29, 0.717) is 5.04 Å². The Balaban J connectivity index is 2.77. The lowest BCUT2D eigenvalue weighted by molar-refractivity contribution is 1.41. The van der Waals surface area contributed by atoms with Gasteiger partial charge in [-0.25, -0.2) is 0 Å². The lowest BCUT2D eigenvalue weighted by atomic mass is 10.4. The molecule has 2 nitrogen and oxygen atoms in total. The van der Waals surface area contributed by atoms with Crippen molar-refractivity contribution in [2.24, 2.45) is 0 Å². The summed E-state index contributed by atoms with van der Waals surface area (Å²) < 4.78 is 0. The van der Waals surface area contributed by atoms with Gasteiger partial charge in [-0.3, -0.25) is 5.41 Å². The molecule has 0 aliphatic carbocycles. The molecule has 48 valence electrons. The first-order chi connectivity index (χ1) is 4.34. The van der Waals surface area contributed by atoms with Crippen molar-refractivity contribution in [3.05, 3.63) is 24.0 Å². The Bertz CT molecular complexity index is 191. The van der Waals surface area contributed by atoms with Crippen LogP contribution >= 0.6 is 11.8 Å². The summed E-state index contributed by atoms with van der Waals surface area (Å²) >= 11 is 1.45. The van der Waals surface area contributed by atoms with Crippen molar-refractivity contribution >= 4 is 16.8 Å². The molecule has 0 unspecified atom stereocenters. The molecule has 0 fully saturated rings. The predicted octanol–water partition coefficient (Wildman–Crippen LogP) is 1.70. The van der Waals surface area contributed by atoms with Gasteiger partial charge in [0.2, 0.25) is 0 Å². The molecule has 3 heteroatoms. The molecule has 1 rings (SSSR count). The molecule has 0 aliphatic heterocycles. The Morgan fingerprint density at radius 3 is 3.00 bits per heavy atom. The van der Waals surface area contributed by atoms with E-state index in [1.54, 1.807) is 0 Å². The summed E-state index contributed by atoms with van der Waals surface area (Å²) in [5, 5.41) is 7.95. The quantitative estimate of drug-likeness (QED) is 0.452. The molecular formula is C6H8N2S. The number of thioether (sulfide) groups is 1. The predicted molar refractivity (Wildman–Crippen MR) is 41.1 cm³/mol. The highest BCUT2D eigenvalue weighted by molar-refractivity contribution is 8.13. The molecule has 0 saturated heterocycles. The van der Waals surface area contributed by atoms with Crippen LogP contribution in [0.25, 0.3) is 0 Å². The van der Waals surface area contributed by atoms with Gasteiger partial charge >= 0.3 is 0 Å². The number of aromatic nitrogens is 1. The van der Waals surface area contributed by atoms with E-state index in [0.717, 1.165) is 5.56 Å². The van der Waals surface area contributed by atoms with Crippen molar-refractivity contribution in [1.82, 2.24) is 4.98 Å². The van der Waals surface area contributed by atoms with E-state index in [4.69, 9.17) is 5.41 Å². The Labute approximate surface area is 58.2 Å². The molecule has 0 saturated carbocycles. The summed E-state index contributed by atoms with van der Waals surface area (Å²) in [5.41, 5.74) is 0.961. The van der Waals surface area contributed by atoms with Crippen LogP contribution in [0.3, 0.4) is 0 Å². The van der Waals surface area contributed by atoms with Gasteiger partial charge in [-0.05, 0) is 12.3 Å². The van der Waals surface area contributed by atoms with E-state index in [1.807, 2.05) is 24.7 Å². The van der Waals surface area contributed by atoms with Crippen molar-refractivity contribution in [3.63, 3.8) is 0 Å². The first kappa shape index (κ1) is 6.42. The largest absolute Gasteiger partial charge is 0.367 e. The van der Waals surface area contributed by atoms with Crippen molar-refractivity contribution in [2.75, 3.05) is 6.26 Å². The van der Waals surface area contributed by atoms with Crippen LogP contribution < -0.4 is 0 Å². The summed E-state index contributed by atoms with van der Waals surface area (Å²) in [6.07, 6.45) is 5.54. The lowest BCUT2D eigenvalue weighted by Crippen LogP contribution is -1.86. The zero-order valence-electron chi connectivity index (χ0n) is 5.14. The highest BCUT2D eigenvalue weighted by Gasteiger charge is 1.96. The number of aromatic amines is 1. The topological polar surface area (TPSA) is 39.6 Å². The molecule has 0 aliphatic rings. The minimum atomic E-state index is 0.608. The molecular weight excluding hydrogens is 132 g/mol. The van der Waals surface area contributed by atoms with Crippen LogP contribution in [-0.2, 0) is 0 Å². The van der Waals surface area contributed by atoms with Crippen LogP contribution in [-0.4, -0.2) is 16.3 Å². The molecule has 0 radical (unpaired) electrons. The number of H-pyrrole nitrogens is 1. The van der Waals surface area contributed by atoms with Gasteiger partial charge in [-0.15, -0.1) is 11.8 Å². The number of hydrogen-bond donors (Lipinski definition) is 2. The molecule has 0 aromatic carbocycles. The third kappa shape index (κ3) is 1.36. The molecule has 0 atom stereocenters. The van der Waals surface area contributed by atoms with Gasteiger partial charge in [0.1, 0.15) is 0 Å². The van der Waals surface area contributed by atoms with Gasteiger partial charge in [0.25, 0.3) is 0 Å². The van der Waals surface area contributed by atoms with Crippen molar-refractivity contribution in [1.29, 1.82) is 5.41 Å². The van der Waals surface area contributed by atoms with Gasteiger partial charge in [-0.1, -0.05) is 0 Å². The number of nitrogens with one attached hydrogen (secondary N) is 2. The summed E-state index contributed by atoms with van der Waals surface area (Å²) in [6.45, 7) is 0. The monoisotopic (exact) mass is 140 g/mol. The zero-order valence-corrected chi connectivity index (χ0v) is 5.96. The lowest BCUT2D eigenvalue weighted by Gasteiger charge is -1.90. The van der Waals surface area contributed by atoms with Gasteiger partial charge < -0.3 is 4.98 Å². The van der Waals surface area contributed by atoms with E-state index in [-0.39, 0.29) is 0 Å². The smallest absolute Gasteiger partial charge is 0.0955 e. The van der Waals surface area contributed by atoms with E-state index in [9.17, 15) is 0 Å². The molecule has 1 aromatic heterocycles. The van der Waals surface area contributed by atoms with E-state index >= 15 is 0 Å². The fourth-order valence-electron chi connectivity index (χ4n) is 0.583. The third-order valence-electron chi connectivity index (χ3n) is 1.06. The van der Waals surface area contributed by atoms with Crippen LogP contribution in [0.2, 0.25) is 0 Å². The molecule has 9 heavy (non-hydrogen) atoms. The SMILES string of the molecule is CSC(=N)c1cc[nH]c1. The third-order valence-corrected chi connectivity index (χ3v) is 1.71. The summed E-state index contributed by atoms with van der Waals surface area (Å²) in [4.78, 5) is 2.89. The number of hydrogen-bond acceptors (Lipinski definition) is 2. The van der Waals surface area contributed by atoms with Crippen LogP contribution in [0, 0.1) is 5.41 Å². The average Bonchev–Trinajstić information content (AvgIpc) is 2.37. The second-order valence-corrected chi connectivity index (χ2v) is 2.45. The van der Waals surface area contributed by atoms with Crippen LogP contribution in [0.1, 0.15) is 5.56 Å². The fourth-order valence-corrected chi connectivity index (χ4v) is 0.946. The Morgan fingerprint density at radius 2 is 2.56 bits per heavy atom. The van der Waals surface area contributed by atoms with Crippen molar-refractivity contribution in [2.45, 2.75) is 0 Å². The maximum Gasteiger partial charge on any atom is 0.0955 e. The molecule has 1 heterocycles. The van der Waals surface area contributed by atoms with Gasteiger partial charge in [-0.2, -0.15) is 0 Å². The van der Waals surface area contributed by atoms with Crippen LogP contribution in [0.15, 0.2) is 18.5 Å². The molecule has 0 bridgehead atoms. The van der Waals surface area contributed by atoms with Gasteiger partial charge in [0.15, 0.2) is 0 Å². The van der Waals surface area contributed by atoms with Gasteiger partial charge in [0.05, 0.1) is 5.04 Å². The van der Waals surface area contributed by atoms with E-state index < -0.39 is 0 Å². The van der Waals surface area contributed by atoms with Crippen LogP contribution in [0.4, 0.5) is 0 Å². The molecule has 1 aromatic rings. The second kappa shape index (κ2) is 2.73. The van der Waals surface area contributed by atoms with E-state index in [1.165, 1.54) is 11.8 Å². The van der Waals surface area contributed by atoms with E-state index in [2.05, 4.69) is 4.98 Å². The maximum atomic E-state index is 7.34. The summed E-state index contributed by atoms with van der Waals surface area (Å²) in [7, 11) is 0. The second-order valence-electron chi connectivity index (χ2n) is 1.63. The first-order valence-corrected chi connectivity index (χ1v) is 3.83. The minimum Gasteiger partial charge on any atom is -0.367 e. The van der Waals surface area contributed by atoms with Crippen molar-refractivity contribution in [3.8, 4) is 0 Å². The first-order valence-electron chi connectivity index (χ1n) is 2.60. The highest BCUT2D eigenvalue weighted by Crippen LogP contribution is 2.06. The number of rotatable bonds is 1. The summed E-state index contributed by atoms with van der Waals surface area (Å²) in [6, 6.07) is 1.89.